The van der Waals surface area contributed by atoms with Crippen LogP contribution in [0.3, 0.4) is 0 Å². The molecular weight excluding hydrogens is 446 g/mol. The number of carbonyl (C=O) groups excluding carboxylic acids is 1. The van der Waals surface area contributed by atoms with E-state index < -0.39 is 0 Å². The molecule has 0 amide bonds. The van der Waals surface area contributed by atoms with E-state index in [-0.39, 0.29) is 5.97 Å². The molecule has 172 valence electrons. The van der Waals surface area contributed by atoms with Crippen LogP contribution in [-0.4, -0.2) is 29.1 Å². The molecule has 0 spiro atoms. The smallest absolute Gasteiger partial charge is 0.339 e. The number of methoxy groups -OCH3 is 1. The Hall–Kier alpha value is -3.84. The molecule has 0 atom stereocenters. The van der Waals surface area contributed by atoms with Gasteiger partial charge in [0.2, 0.25) is 0 Å². The van der Waals surface area contributed by atoms with Crippen LogP contribution in [0.4, 0.5) is 0 Å². The molecule has 3 aromatic carbocycles. The van der Waals surface area contributed by atoms with Crippen molar-refractivity contribution in [1.82, 2.24) is 9.78 Å². The van der Waals surface area contributed by atoms with Crippen molar-refractivity contribution in [3.8, 4) is 11.3 Å². The summed E-state index contributed by atoms with van der Waals surface area (Å²) in [6.07, 6.45) is 1.69. The summed E-state index contributed by atoms with van der Waals surface area (Å²) in [6, 6.07) is 25.4. The zero-order chi connectivity index (χ0) is 23.9. The first-order valence-electron chi connectivity index (χ1n) is 10.8. The van der Waals surface area contributed by atoms with E-state index in [0.29, 0.717) is 12.2 Å². The van der Waals surface area contributed by atoms with Crippen molar-refractivity contribution in [2.45, 2.75) is 23.5 Å². The molecule has 34 heavy (non-hydrogen) atoms. The second-order valence-corrected chi connectivity index (χ2v) is 8.67. The molecule has 4 rings (SSSR count). The summed E-state index contributed by atoms with van der Waals surface area (Å²) in [6.45, 7) is 2.42. The Morgan fingerprint density at radius 2 is 1.74 bits per heavy atom. The molecule has 1 heterocycles. The van der Waals surface area contributed by atoms with E-state index in [1.165, 1.54) is 24.4 Å². The molecule has 0 bridgehead atoms. The number of carbonyl (C=O) groups is 1. The van der Waals surface area contributed by atoms with Crippen LogP contribution in [0.2, 0.25) is 0 Å². The maximum absolute atomic E-state index is 12.3. The van der Waals surface area contributed by atoms with Gasteiger partial charge in [-0.05, 0) is 24.6 Å². The number of rotatable bonds is 8. The first-order chi connectivity index (χ1) is 16.6. The molecule has 4 aromatic rings. The van der Waals surface area contributed by atoms with Crippen LogP contribution in [0.25, 0.3) is 11.3 Å². The number of benzene rings is 3. The fourth-order valence-electron chi connectivity index (χ4n) is 3.40. The molecule has 7 heteroatoms. The average molecular weight is 472 g/mol. The van der Waals surface area contributed by atoms with Crippen molar-refractivity contribution in [1.29, 1.82) is 0 Å². The number of hydrogen-bond donors (Lipinski definition) is 0. The van der Waals surface area contributed by atoms with E-state index >= 15 is 0 Å². The van der Waals surface area contributed by atoms with Crippen LogP contribution < -0.4 is 0 Å². The summed E-state index contributed by atoms with van der Waals surface area (Å²) in [5.41, 5.74) is 5.29. The first kappa shape index (κ1) is 23.3. The SMILES string of the molecule is COC(=O)c1ccccc1Sc1c(/C=N/OCc2ccc(C)cc2)c(-c2ccccc2)nn1C. The van der Waals surface area contributed by atoms with Gasteiger partial charge in [-0.2, -0.15) is 5.10 Å². The Labute approximate surface area is 203 Å². The van der Waals surface area contributed by atoms with Crippen molar-refractivity contribution in [2.75, 3.05) is 7.11 Å². The minimum absolute atomic E-state index is 0.366. The maximum atomic E-state index is 12.3. The third-order valence-corrected chi connectivity index (χ3v) is 6.44. The predicted octanol–water partition coefficient (Wildman–Crippen LogP) is 5.88. The number of oxime groups is 1. The normalized spacial score (nSPS) is 11.0. The molecule has 0 radical (unpaired) electrons. The lowest BCUT2D eigenvalue weighted by molar-refractivity contribution is 0.0597. The first-order valence-corrected chi connectivity index (χ1v) is 11.6. The van der Waals surface area contributed by atoms with Gasteiger partial charge in [0.1, 0.15) is 17.3 Å². The number of aryl methyl sites for hydroxylation is 2. The van der Waals surface area contributed by atoms with Gasteiger partial charge < -0.3 is 9.57 Å². The summed E-state index contributed by atoms with van der Waals surface area (Å²) in [5, 5.41) is 9.83. The predicted molar refractivity (Wildman–Crippen MR) is 134 cm³/mol. The second kappa shape index (κ2) is 10.9. The van der Waals surface area contributed by atoms with Crippen LogP contribution in [0.15, 0.2) is 93.9 Å². The van der Waals surface area contributed by atoms with E-state index in [2.05, 4.69) is 5.16 Å². The molecule has 0 aliphatic heterocycles. The van der Waals surface area contributed by atoms with E-state index in [9.17, 15) is 4.79 Å². The molecule has 0 unspecified atom stereocenters. The highest BCUT2D eigenvalue weighted by Crippen LogP contribution is 2.36. The van der Waals surface area contributed by atoms with Gasteiger partial charge in [0.25, 0.3) is 0 Å². The molecule has 0 aliphatic carbocycles. The lowest BCUT2D eigenvalue weighted by Gasteiger charge is -2.08. The van der Waals surface area contributed by atoms with Crippen molar-refractivity contribution >= 4 is 23.9 Å². The number of esters is 1. The van der Waals surface area contributed by atoms with E-state index in [1.807, 2.05) is 86.8 Å². The number of nitrogens with zero attached hydrogens (tertiary/aromatic N) is 3. The quantitative estimate of drug-likeness (QED) is 0.182. The monoisotopic (exact) mass is 471 g/mol. The van der Waals surface area contributed by atoms with Gasteiger partial charge in [-0.3, -0.25) is 4.68 Å². The molecule has 0 fully saturated rings. The topological polar surface area (TPSA) is 65.7 Å². The Bertz CT molecular complexity index is 1300. The molecule has 0 saturated heterocycles. The lowest BCUT2D eigenvalue weighted by Crippen LogP contribution is -2.03. The highest BCUT2D eigenvalue weighted by molar-refractivity contribution is 7.99. The van der Waals surface area contributed by atoms with Crippen molar-refractivity contribution in [2.24, 2.45) is 12.2 Å². The minimum atomic E-state index is -0.384. The fourth-order valence-corrected chi connectivity index (χ4v) is 4.44. The van der Waals surface area contributed by atoms with Gasteiger partial charge in [-0.25, -0.2) is 4.79 Å². The Morgan fingerprint density at radius 1 is 1.03 bits per heavy atom. The zero-order valence-corrected chi connectivity index (χ0v) is 20.1. The van der Waals surface area contributed by atoms with Gasteiger partial charge in [0.15, 0.2) is 0 Å². The maximum Gasteiger partial charge on any atom is 0.339 e. The summed E-state index contributed by atoms with van der Waals surface area (Å²) < 4.78 is 6.75. The molecule has 0 saturated carbocycles. The lowest BCUT2D eigenvalue weighted by atomic mass is 10.1. The number of aromatic nitrogens is 2. The molecular formula is C27H25N3O3S. The Balaban J connectivity index is 1.67. The van der Waals surface area contributed by atoms with E-state index in [0.717, 1.165) is 32.3 Å². The standard InChI is InChI=1S/C27H25N3O3S/c1-19-13-15-20(16-14-19)18-33-28-17-23-25(21-9-5-4-6-10-21)29-30(2)26(23)34-24-12-8-7-11-22(24)27(31)32-3/h4-17H,18H2,1-3H3/b28-17+. The average Bonchev–Trinajstić information content (AvgIpc) is 3.18. The molecule has 0 N–H and O–H groups in total. The number of ether oxygens (including phenoxy) is 1. The van der Waals surface area contributed by atoms with E-state index in [4.69, 9.17) is 14.7 Å². The van der Waals surface area contributed by atoms with Crippen LogP contribution in [-0.2, 0) is 23.2 Å². The van der Waals surface area contributed by atoms with Crippen LogP contribution in [0.1, 0.15) is 27.0 Å². The van der Waals surface area contributed by atoms with Gasteiger partial charge in [-0.15, -0.1) is 0 Å². The largest absolute Gasteiger partial charge is 0.465 e. The Kier molecular flexibility index (Phi) is 7.44. The summed E-state index contributed by atoms with van der Waals surface area (Å²) >= 11 is 1.44. The molecule has 6 nitrogen and oxygen atoms in total. The third-order valence-electron chi connectivity index (χ3n) is 5.18. The van der Waals surface area contributed by atoms with Crippen molar-refractivity contribution in [3.05, 3.63) is 101 Å². The van der Waals surface area contributed by atoms with E-state index in [1.54, 1.807) is 17.0 Å². The van der Waals surface area contributed by atoms with Crippen LogP contribution >= 0.6 is 11.8 Å². The summed E-state index contributed by atoms with van der Waals surface area (Å²) in [5.74, 6) is -0.384. The summed E-state index contributed by atoms with van der Waals surface area (Å²) in [4.78, 5) is 18.7. The number of hydrogen-bond acceptors (Lipinski definition) is 6. The Morgan fingerprint density at radius 3 is 2.47 bits per heavy atom. The van der Waals surface area contributed by atoms with Gasteiger partial charge in [-0.1, -0.05) is 89.2 Å². The van der Waals surface area contributed by atoms with Gasteiger partial charge >= 0.3 is 5.97 Å². The third kappa shape index (κ3) is 5.38. The molecule has 1 aromatic heterocycles. The zero-order valence-electron chi connectivity index (χ0n) is 19.3. The highest BCUT2D eigenvalue weighted by atomic mass is 32.2. The van der Waals surface area contributed by atoms with Gasteiger partial charge in [0.05, 0.1) is 24.5 Å². The van der Waals surface area contributed by atoms with Crippen LogP contribution in [0, 0.1) is 6.92 Å². The highest BCUT2D eigenvalue weighted by Gasteiger charge is 2.20. The summed E-state index contributed by atoms with van der Waals surface area (Å²) in [7, 11) is 3.25. The van der Waals surface area contributed by atoms with Crippen molar-refractivity contribution < 1.29 is 14.4 Å². The second-order valence-electron chi connectivity index (χ2n) is 7.64. The fraction of sp³-hybridized carbons (Fsp3) is 0.148. The minimum Gasteiger partial charge on any atom is -0.465 e. The van der Waals surface area contributed by atoms with Crippen LogP contribution in [0.5, 0.6) is 0 Å². The van der Waals surface area contributed by atoms with Gasteiger partial charge in [0, 0.05) is 17.5 Å². The van der Waals surface area contributed by atoms with Crippen molar-refractivity contribution in [3.63, 3.8) is 0 Å². The molecule has 0 aliphatic rings.